The second kappa shape index (κ2) is 7.52. The van der Waals surface area contributed by atoms with Crippen molar-refractivity contribution in [2.24, 2.45) is 0 Å². The van der Waals surface area contributed by atoms with E-state index in [1.54, 1.807) is 18.2 Å². The van der Waals surface area contributed by atoms with Gasteiger partial charge in [0, 0.05) is 16.5 Å². The van der Waals surface area contributed by atoms with Crippen molar-refractivity contribution in [2.75, 3.05) is 14.2 Å². The third kappa shape index (κ3) is 3.28. The molecule has 0 aliphatic rings. The van der Waals surface area contributed by atoms with Gasteiger partial charge in [-0.3, -0.25) is 4.79 Å². The van der Waals surface area contributed by atoms with Crippen LogP contribution in [0, 0.1) is 0 Å². The minimum atomic E-state index is -0.187. The summed E-state index contributed by atoms with van der Waals surface area (Å²) in [5, 5.41) is 32.0. The van der Waals surface area contributed by atoms with Gasteiger partial charge in [0.15, 0.2) is 23.0 Å². The van der Waals surface area contributed by atoms with Crippen LogP contribution in [0.1, 0.15) is 0 Å². The highest BCUT2D eigenvalue weighted by Crippen LogP contribution is 2.46. The predicted molar refractivity (Wildman–Crippen MR) is 120 cm³/mol. The molecule has 0 saturated carbocycles. The first-order valence-corrected chi connectivity index (χ1v) is 9.89. The van der Waals surface area contributed by atoms with Gasteiger partial charge in [-0.05, 0) is 42.5 Å². The van der Waals surface area contributed by atoms with Crippen molar-refractivity contribution in [1.82, 2.24) is 0 Å². The first-order valence-electron chi connectivity index (χ1n) is 9.89. The summed E-state index contributed by atoms with van der Waals surface area (Å²) < 4.78 is 22.4. The van der Waals surface area contributed by atoms with Crippen molar-refractivity contribution >= 4 is 21.9 Å². The van der Waals surface area contributed by atoms with E-state index in [2.05, 4.69) is 0 Å². The molecule has 0 amide bonds. The lowest BCUT2D eigenvalue weighted by Crippen LogP contribution is -2.00. The lowest BCUT2D eigenvalue weighted by Gasteiger charge is -2.14. The van der Waals surface area contributed by atoms with Crippen LogP contribution in [-0.4, -0.2) is 34.3 Å². The van der Waals surface area contributed by atoms with Crippen molar-refractivity contribution in [2.45, 2.75) is 0 Å². The van der Waals surface area contributed by atoms with Gasteiger partial charge >= 0.3 is 5.43 Å². The molecule has 2 aromatic heterocycles. The van der Waals surface area contributed by atoms with Crippen LogP contribution in [0.4, 0.5) is 0 Å². The van der Waals surface area contributed by atoms with Crippen molar-refractivity contribution in [3.8, 4) is 51.4 Å². The van der Waals surface area contributed by atoms with E-state index < -0.39 is 0 Å². The Morgan fingerprint density at radius 2 is 1.33 bits per heavy atom. The van der Waals surface area contributed by atoms with Gasteiger partial charge in [0.25, 0.3) is 0 Å². The lowest BCUT2D eigenvalue weighted by molar-refractivity contribution is 0.340. The molecule has 0 atom stereocenters. The van der Waals surface area contributed by atoms with Gasteiger partial charge in [0.2, 0.25) is 5.75 Å². The summed E-state index contributed by atoms with van der Waals surface area (Å²) in [6, 6.07) is 13.9. The molecule has 0 spiro atoms. The zero-order valence-corrected chi connectivity index (χ0v) is 17.6. The van der Waals surface area contributed by atoms with Crippen LogP contribution in [0.5, 0.6) is 28.7 Å². The molecule has 33 heavy (non-hydrogen) atoms. The Labute approximate surface area is 186 Å². The van der Waals surface area contributed by atoms with Gasteiger partial charge < -0.3 is 33.6 Å². The number of benzene rings is 3. The zero-order chi connectivity index (χ0) is 23.3. The minimum absolute atomic E-state index is 0.0776. The van der Waals surface area contributed by atoms with Gasteiger partial charge in [-0.2, -0.15) is 0 Å². The fraction of sp³-hybridized carbons (Fsp3) is 0.0800. The molecule has 166 valence electrons. The van der Waals surface area contributed by atoms with E-state index in [1.807, 2.05) is 0 Å². The summed E-state index contributed by atoms with van der Waals surface area (Å²) in [7, 11) is 2.79. The van der Waals surface area contributed by atoms with E-state index in [0.717, 1.165) is 0 Å². The van der Waals surface area contributed by atoms with E-state index in [9.17, 15) is 20.1 Å². The summed E-state index contributed by atoms with van der Waals surface area (Å²) in [6.07, 6.45) is 0. The third-order valence-electron chi connectivity index (χ3n) is 5.39. The molecule has 0 bridgehead atoms. The van der Waals surface area contributed by atoms with Crippen molar-refractivity contribution < 1.29 is 38.4 Å². The maximum absolute atomic E-state index is 11.2. The molecule has 2 heterocycles. The van der Waals surface area contributed by atoms with Crippen LogP contribution >= 0.6 is 0 Å². The second-order valence-electron chi connectivity index (χ2n) is 7.40. The lowest BCUT2D eigenvalue weighted by atomic mass is 10.0. The topological polar surface area (TPSA) is 127 Å². The molecular weight excluding hydrogens is 428 g/mol. The Morgan fingerprint density at radius 3 is 1.94 bits per heavy atom. The summed E-state index contributed by atoms with van der Waals surface area (Å²) in [5.41, 5.74) is 1.53. The number of phenolic OH excluding ortho intramolecular Hbond substituents is 2. The number of hydrogen-bond donors (Lipinski definition) is 3. The highest BCUT2D eigenvalue weighted by Gasteiger charge is 2.22. The number of hydrogen-bond acceptors (Lipinski definition) is 7. The summed E-state index contributed by atoms with van der Waals surface area (Å²) in [6.45, 7) is 0. The quantitative estimate of drug-likeness (QED) is 0.342. The standard InChI is InChI=1S/C25H18O8/c1-30-20-7-13(8-21(31-2)24(20)29)25-23(28)16-11-17(12-3-5-14(26)6-4-12)32-18-9-15(27)10-19(33-25)22(16)18/h3-11,26,28-29H,1-2H3/p+1. The Bertz CT molecular complexity index is 1550. The Morgan fingerprint density at radius 1 is 0.727 bits per heavy atom. The molecule has 8 heteroatoms. The smallest absolute Gasteiger partial charge is 0.347 e. The average molecular weight is 447 g/mol. The molecular formula is C25H19O8+. The van der Waals surface area contributed by atoms with Crippen LogP contribution in [0.2, 0.25) is 0 Å². The Balaban J connectivity index is 1.85. The van der Waals surface area contributed by atoms with Gasteiger partial charge in [-0.25, -0.2) is 0 Å². The van der Waals surface area contributed by atoms with Gasteiger partial charge in [-0.15, -0.1) is 0 Å². The van der Waals surface area contributed by atoms with Crippen LogP contribution in [-0.2, 0) is 0 Å². The number of methoxy groups -OCH3 is 2. The predicted octanol–water partition coefficient (Wildman–Crippen LogP) is 4.65. The first-order chi connectivity index (χ1) is 15.9. The summed E-state index contributed by atoms with van der Waals surface area (Å²) >= 11 is 0. The molecule has 5 aromatic rings. The van der Waals surface area contributed by atoms with Gasteiger partial charge in [0.1, 0.15) is 22.7 Å². The number of aromatic hydroxyl groups is 3. The fourth-order valence-electron chi connectivity index (χ4n) is 3.81. The van der Waals surface area contributed by atoms with Crippen molar-refractivity contribution in [1.29, 1.82) is 0 Å². The SMILES string of the molecule is COc1cc(-c2oc3cc(=[OH+])cc4oc(-c5ccc(O)cc5)cc(c2O)c43)cc(OC)c1O. The second-order valence-corrected chi connectivity index (χ2v) is 7.40. The van der Waals surface area contributed by atoms with Crippen molar-refractivity contribution in [3.63, 3.8) is 0 Å². The molecule has 0 unspecified atom stereocenters. The van der Waals surface area contributed by atoms with E-state index in [4.69, 9.17) is 18.3 Å². The van der Waals surface area contributed by atoms with Gasteiger partial charge in [0.05, 0.1) is 31.7 Å². The Kier molecular flexibility index (Phi) is 4.63. The van der Waals surface area contributed by atoms with Gasteiger partial charge in [-0.1, -0.05) is 0 Å². The normalized spacial score (nSPS) is 11.2. The number of ether oxygens (including phenoxy) is 2. The van der Waals surface area contributed by atoms with Crippen molar-refractivity contribution in [3.05, 3.63) is 60.0 Å². The highest BCUT2D eigenvalue weighted by molar-refractivity contribution is 6.10. The third-order valence-corrected chi connectivity index (χ3v) is 5.39. The van der Waals surface area contributed by atoms with E-state index in [0.29, 0.717) is 33.2 Å². The van der Waals surface area contributed by atoms with Crippen LogP contribution in [0.3, 0.4) is 0 Å². The Hall–Kier alpha value is -4.59. The molecule has 4 N–H and O–H groups in total. The van der Waals surface area contributed by atoms with Crippen LogP contribution in [0.15, 0.2) is 63.4 Å². The molecule has 3 aromatic carbocycles. The number of rotatable bonds is 4. The van der Waals surface area contributed by atoms with E-state index in [1.165, 1.54) is 50.6 Å². The minimum Gasteiger partial charge on any atom is -0.508 e. The molecule has 0 radical (unpaired) electrons. The largest absolute Gasteiger partial charge is 0.508 e. The summed E-state index contributed by atoms with van der Waals surface area (Å²) in [4.78, 5) is 10.3. The van der Waals surface area contributed by atoms with E-state index >= 15 is 0 Å². The van der Waals surface area contributed by atoms with Crippen LogP contribution in [0.25, 0.3) is 44.6 Å². The molecule has 0 fully saturated rings. The average Bonchev–Trinajstić information content (AvgIpc) is 2.81. The molecule has 0 saturated heterocycles. The maximum Gasteiger partial charge on any atom is 0.347 e. The maximum atomic E-state index is 11.2. The molecule has 5 rings (SSSR count). The zero-order valence-electron chi connectivity index (χ0n) is 17.6. The number of phenols is 2. The summed E-state index contributed by atoms with van der Waals surface area (Å²) in [5.74, 6) is 0.490. The monoisotopic (exact) mass is 447 g/mol. The van der Waals surface area contributed by atoms with E-state index in [-0.39, 0.29) is 45.5 Å². The first kappa shape index (κ1) is 20.3. The molecule has 0 aliphatic carbocycles. The molecule has 8 nitrogen and oxygen atoms in total. The van der Waals surface area contributed by atoms with Crippen LogP contribution < -0.4 is 14.9 Å². The molecule has 0 aliphatic heterocycles. The fourth-order valence-corrected chi connectivity index (χ4v) is 3.81. The highest BCUT2D eigenvalue weighted by atomic mass is 16.5.